The van der Waals surface area contributed by atoms with Crippen molar-refractivity contribution >= 4 is 33.3 Å². The van der Waals surface area contributed by atoms with Gasteiger partial charge in [-0.1, -0.05) is 30.3 Å². The van der Waals surface area contributed by atoms with Crippen molar-refractivity contribution in [1.29, 1.82) is 0 Å². The Hall–Kier alpha value is -3.85. The lowest BCUT2D eigenvalue weighted by Crippen LogP contribution is -2.21. The largest absolute Gasteiger partial charge is 0.495 e. The van der Waals surface area contributed by atoms with E-state index < -0.39 is 28.5 Å². The highest BCUT2D eigenvalue weighted by Crippen LogP contribution is 2.23. The molecule has 3 rings (SSSR count). The third-order valence-corrected chi connectivity index (χ3v) is 6.22. The Balaban J connectivity index is 1.70. The van der Waals surface area contributed by atoms with Crippen LogP contribution in [-0.4, -0.2) is 34.0 Å². The van der Waals surface area contributed by atoms with E-state index in [4.69, 9.17) is 9.47 Å². The molecule has 0 bridgehead atoms. The molecule has 3 aromatic carbocycles. The number of rotatable bonds is 8. The topological polar surface area (TPSA) is 111 Å². The van der Waals surface area contributed by atoms with Gasteiger partial charge in [-0.05, 0) is 61.4 Å². The lowest BCUT2D eigenvalue weighted by atomic mass is 10.1. The summed E-state index contributed by atoms with van der Waals surface area (Å²) in [6.07, 6.45) is 0. The summed E-state index contributed by atoms with van der Waals surface area (Å²) in [6, 6.07) is 17.9. The van der Waals surface area contributed by atoms with Gasteiger partial charge < -0.3 is 14.8 Å². The average molecular weight is 469 g/mol. The fourth-order valence-corrected chi connectivity index (χ4v) is 4.41. The number of para-hydroxylation sites is 2. The normalized spacial score (nSPS) is 10.9. The molecule has 8 nitrogen and oxygen atoms in total. The summed E-state index contributed by atoms with van der Waals surface area (Å²) in [6.45, 7) is 2.93. The quantitative estimate of drug-likeness (QED) is 0.485. The monoisotopic (exact) mass is 468 g/mol. The highest BCUT2D eigenvalue weighted by atomic mass is 32.2. The summed E-state index contributed by atoms with van der Waals surface area (Å²) in [5.41, 5.74) is 2.22. The van der Waals surface area contributed by atoms with Gasteiger partial charge in [0.25, 0.3) is 15.9 Å². The Morgan fingerprint density at radius 2 is 1.70 bits per heavy atom. The molecule has 3 aromatic rings. The number of hydrogen-bond acceptors (Lipinski definition) is 6. The highest BCUT2D eigenvalue weighted by molar-refractivity contribution is 7.92. The van der Waals surface area contributed by atoms with E-state index in [0.29, 0.717) is 22.7 Å². The van der Waals surface area contributed by atoms with Crippen molar-refractivity contribution in [1.82, 2.24) is 0 Å². The van der Waals surface area contributed by atoms with E-state index in [1.54, 1.807) is 49.4 Å². The third-order valence-electron chi connectivity index (χ3n) is 4.70. The number of ether oxygens (including phenoxy) is 2. The Bertz CT molecular complexity index is 1290. The van der Waals surface area contributed by atoms with E-state index in [2.05, 4.69) is 10.0 Å². The van der Waals surface area contributed by atoms with Gasteiger partial charge in [0, 0.05) is 5.69 Å². The fraction of sp³-hybridized carbons (Fsp3) is 0.167. The maximum absolute atomic E-state index is 12.9. The zero-order chi connectivity index (χ0) is 24.0. The van der Waals surface area contributed by atoms with Crippen molar-refractivity contribution in [2.45, 2.75) is 18.7 Å². The summed E-state index contributed by atoms with van der Waals surface area (Å²) >= 11 is 0. The molecule has 0 heterocycles. The molecule has 0 spiro atoms. The Labute approximate surface area is 192 Å². The van der Waals surface area contributed by atoms with Gasteiger partial charge in [-0.2, -0.15) is 0 Å². The standard InChI is InChI=1S/C24H24N2O6S/c1-16-7-6-8-19(13-16)26-33(29,30)22-14-18(12-11-17(22)2)24(28)32-15-23(27)25-20-9-4-5-10-21(20)31-3/h4-14,26H,15H2,1-3H3,(H,25,27). The molecule has 0 unspecified atom stereocenters. The van der Waals surface area contributed by atoms with Gasteiger partial charge >= 0.3 is 5.97 Å². The third kappa shape index (κ3) is 6.11. The zero-order valence-corrected chi connectivity index (χ0v) is 19.2. The van der Waals surface area contributed by atoms with Crippen LogP contribution in [0.15, 0.2) is 71.6 Å². The number of methoxy groups -OCH3 is 1. The maximum atomic E-state index is 12.9. The lowest BCUT2D eigenvalue weighted by molar-refractivity contribution is -0.119. The van der Waals surface area contributed by atoms with Gasteiger partial charge in [-0.25, -0.2) is 13.2 Å². The maximum Gasteiger partial charge on any atom is 0.338 e. The second-order valence-corrected chi connectivity index (χ2v) is 8.93. The van der Waals surface area contributed by atoms with Crippen LogP contribution in [0.25, 0.3) is 0 Å². The summed E-state index contributed by atoms with van der Waals surface area (Å²) in [5.74, 6) is -0.919. The number of carbonyl (C=O) groups excluding carboxylic acids is 2. The zero-order valence-electron chi connectivity index (χ0n) is 18.4. The minimum atomic E-state index is -3.95. The van der Waals surface area contributed by atoms with Gasteiger partial charge in [0.1, 0.15) is 5.75 Å². The van der Waals surface area contributed by atoms with Crippen LogP contribution in [0.4, 0.5) is 11.4 Å². The molecule has 172 valence electrons. The number of hydrogen-bond donors (Lipinski definition) is 2. The number of anilines is 2. The number of esters is 1. The van der Waals surface area contributed by atoms with Crippen LogP contribution in [0, 0.1) is 13.8 Å². The van der Waals surface area contributed by atoms with E-state index in [1.807, 2.05) is 13.0 Å². The first-order valence-corrected chi connectivity index (χ1v) is 11.5. The molecule has 0 aliphatic rings. The van der Waals surface area contributed by atoms with Gasteiger partial charge in [0.15, 0.2) is 6.61 Å². The number of sulfonamides is 1. The first-order chi connectivity index (χ1) is 15.7. The Kier molecular flexibility index (Phi) is 7.34. The second kappa shape index (κ2) is 10.2. The number of aryl methyl sites for hydroxylation is 2. The lowest BCUT2D eigenvalue weighted by Gasteiger charge is -2.13. The summed E-state index contributed by atoms with van der Waals surface area (Å²) in [7, 11) is -2.47. The molecule has 0 saturated heterocycles. The highest BCUT2D eigenvalue weighted by Gasteiger charge is 2.20. The summed E-state index contributed by atoms with van der Waals surface area (Å²) in [5, 5.41) is 2.60. The van der Waals surface area contributed by atoms with Crippen LogP contribution in [0.2, 0.25) is 0 Å². The average Bonchev–Trinajstić information content (AvgIpc) is 2.77. The first kappa shape index (κ1) is 23.8. The van der Waals surface area contributed by atoms with E-state index in [9.17, 15) is 18.0 Å². The SMILES string of the molecule is COc1ccccc1NC(=O)COC(=O)c1ccc(C)c(S(=O)(=O)Nc2cccc(C)c2)c1. The minimum absolute atomic E-state index is 0.00955. The summed E-state index contributed by atoms with van der Waals surface area (Å²) < 4.78 is 38.5. The van der Waals surface area contributed by atoms with Crippen molar-refractivity contribution < 1.29 is 27.5 Å². The van der Waals surface area contributed by atoms with Gasteiger partial charge in [0.2, 0.25) is 0 Å². The van der Waals surface area contributed by atoms with Crippen molar-refractivity contribution in [3.8, 4) is 5.75 Å². The van der Waals surface area contributed by atoms with E-state index in [-0.39, 0.29) is 10.5 Å². The minimum Gasteiger partial charge on any atom is -0.495 e. The Morgan fingerprint density at radius 1 is 0.939 bits per heavy atom. The van der Waals surface area contributed by atoms with Crippen molar-refractivity contribution in [2.24, 2.45) is 0 Å². The molecular formula is C24H24N2O6S. The molecule has 2 N–H and O–H groups in total. The molecule has 0 aliphatic heterocycles. The number of benzene rings is 3. The molecule has 0 radical (unpaired) electrons. The van der Waals surface area contributed by atoms with Crippen molar-refractivity contribution in [3.63, 3.8) is 0 Å². The van der Waals surface area contributed by atoms with E-state index >= 15 is 0 Å². The van der Waals surface area contributed by atoms with Crippen molar-refractivity contribution in [2.75, 3.05) is 23.8 Å². The molecule has 0 atom stereocenters. The fourth-order valence-electron chi connectivity index (χ4n) is 3.08. The molecule has 0 aromatic heterocycles. The van der Waals surface area contributed by atoms with Crippen LogP contribution >= 0.6 is 0 Å². The van der Waals surface area contributed by atoms with E-state index in [1.165, 1.54) is 25.3 Å². The van der Waals surface area contributed by atoms with Gasteiger partial charge in [0.05, 0.1) is 23.3 Å². The number of carbonyl (C=O) groups is 2. The Morgan fingerprint density at radius 3 is 2.42 bits per heavy atom. The van der Waals surface area contributed by atoms with Crippen LogP contribution in [0.5, 0.6) is 5.75 Å². The molecule has 33 heavy (non-hydrogen) atoms. The van der Waals surface area contributed by atoms with E-state index in [0.717, 1.165) is 5.56 Å². The van der Waals surface area contributed by atoms with Crippen LogP contribution < -0.4 is 14.8 Å². The second-order valence-electron chi connectivity index (χ2n) is 7.28. The van der Waals surface area contributed by atoms with Crippen LogP contribution in [0.3, 0.4) is 0 Å². The molecule has 9 heteroatoms. The van der Waals surface area contributed by atoms with Crippen LogP contribution in [-0.2, 0) is 19.6 Å². The van der Waals surface area contributed by atoms with Crippen LogP contribution in [0.1, 0.15) is 21.5 Å². The predicted octanol–water partition coefficient (Wildman–Crippen LogP) is 3.91. The number of nitrogens with one attached hydrogen (secondary N) is 2. The molecule has 1 amide bonds. The predicted molar refractivity (Wildman–Crippen MR) is 125 cm³/mol. The summed E-state index contributed by atoms with van der Waals surface area (Å²) in [4.78, 5) is 24.6. The molecular weight excluding hydrogens is 444 g/mol. The van der Waals surface area contributed by atoms with Crippen molar-refractivity contribution in [3.05, 3.63) is 83.4 Å². The number of amides is 1. The first-order valence-electron chi connectivity index (χ1n) is 10.00. The molecule has 0 aliphatic carbocycles. The van der Waals surface area contributed by atoms with Gasteiger partial charge in [-0.15, -0.1) is 0 Å². The molecule has 0 fully saturated rings. The molecule has 0 saturated carbocycles. The van der Waals surface area contributed by atoms with Gasteiger partial charge in [-0.3, -0.25) is 9.52 Å². The smallest absolute Gasteiger partial charge is 0.338 e.